The summed E-state index contributed by atoms with van der Waals surface area (Å²) in [6.45, 7) is 2.35. The molecule has 4 heteroatoms. The fraction of sp³-hybridized carbons (Fsp3) is 0.125. The number of rotatable bonds is 2. The topological polar surface area (TPSA) is 49.4 Å². The van der Waals surface area contributed by atoms with Gasteiger partial charge in [-0.3, -0.25) is 9.59 Å². The third-order valence-electron chi connectivity index (χ3n) is 3.42. The molecule has 2 aliphatic rings. The number of allylic oxidation sites excluding steroid dienone is 4. The number of amides is 1. The monoisotopic (exact) mass is 266 g/mol. The highest BCUT2D eigenvalue weighted by molar-refractivity contribution is 6.52. The molecule has 0 aromatic heterocycles. The Morgan fingerprint density at radius 1 is 1.10 bits per heavy atom. The van der Waals surface area contributed by atoms with Gasteiger partial charge in [-0.1, -0.05) is 24.3 Å². The number of nitrogens with zero attached hydrogens (tertiary/aromatic N) is 1. The predicted molar refractivity (Wildman–Crippen MR) is 78.2 cm³/mol. The number of hydrogen-bond acceptors (Lipinski definition) is 3. The van der Waals surface area contributed by atoms with Gasteiger partial charge in [0.05, 0.1) is 11.3 Å². The van der Waals surface area contributed by atoms with Crippen LogP contribution >= 0.6 is 0 Å². The van der Waals surface area contributed by atoms with Gasteiger partial charge in [-0.2, -0.15) is 0 Å². The Balaban J connectivity index is 2.18. The first-order valence-corrected chi connectivity index (χ1v) is 6.53. The second-order valence-corrected chi connectivity index (χ2v) is 4.55. The Bertz CT molecular complexity index is 684. The maximum absolute atomic E-state index is 12.0. The van der Waals surface area contributed by atoms with Crippen LogP contribution < -0.4 is 10.2 Å². The van der Waals surface area contributed by atoms with Crippen LogP contribution in [0.5, 0.6) is 0 Å². The van der Waals surface area contributed by atoms with Crippen molar-refractivity contribution < 1.29 is 9.59 Å². The number of fused-ring (bicyclic) bond motifs is 1. The lowest BCUT2D eigenvalue weighted by Gasteiger charge is -2.19. The van der Waals surface area contributed by atoms with E-state index in [9.17, 15) is 9.59 Å². The molecule has 1 aromatic carbocycles. The van der Waals surface area contributed by atoms with Crippen molar-refractivity contribution >= 4 is 23.1 Å². The first-order chi connectivity index (χ1) is 9.74. The lowest BCUT2D eigenvalue weighted by Crippen LogP contribution is -2.29. The third kappa shape index (κ3) is 1.77. The van der Waals surface area contributed by atoms with Crippen LogP contribution in [0.2, 0.25) is 0 Å². The van der Waals surface area contributed by atoms with Crippen molar-refractivity contribution in [1.29, 1.82) is 0 Å². The molecule has 4 nitrogen and oxygen atoms in total. The van der Waals surface area contributed by atoms with E-state index in [-0.39, 0.29) is 0 Å². The standard InChI is InChI=1S/C16H14N2O2/c1-2-18-14-11(13-9-4-3-5-10-17-13)7-6-8-12(14)15(19)16(18)20/h3-10,17H,2H2,1H3. The van der Waals surface area contributed by atoms with Gasteiger partial charge in [0.15, 0.2) is 0 Å². The van der Waals surface area contributed by atoms with Gasteiger partial charge in [0.25, 0.3) is 11.7 Å². The molecule has 100 valence electrons. The molecule has 20 heavy (non-hydrogen) atoms. The van der Waals surface area contributed by atoms with Crippen LogP contribution in [0.1, 0.15) is 22.8 Å². The molecule has 1 amide bonds. The van der Waals surface area contributed by atoms with E-state index in [1.54, 1.807) is 12.1 Å². The predicted octanol–water partition coefficient (Wildman–Crippen LogP) is 2.25. The van der Waals surface area contributed by atoms with Crippen molar-refractivity contribution in [2.75, 3.05) is 11.4 Å². The molecule has 0 spiro atoms. The Hall–Kier alpha value is -2.62. The SMILES string of the molecule is CCN1C(=O)C(=O)c2cccc(C3=CC=CC=CN3)c21. The van der Waals surface area contributed by atoms with E-state index in [4.69, 9.17) is 0 Å². The number of para-hydroxylation sites is 1. The average Bonchev–Trinajstić information content (AvgIpc) is 2.68. The van der Waals surface area contributed by atoms with Crippen molar-refractivity contribution in [3.05, 3.63) is 59.8 Å². The number of carbonyl (C=O) groups excluding carboxylic acids is 2. The van der Waals surface area contributed by atoms with Crippen LogP contribution in [0.15, 0.2) is 48.7 Å². The Morgan fingerprint density at radius 3 is 2.70 bits per heavy atom. The Kier molecular flexibility index (Phi) is 2.99. The van der Waals surface area contributed by atoms with E-state index in [2.05, 4.69) is 5.32 Å². The molecule has 3 rings (SSSR count). The molecule has 0 fully saturated rings. The van der Waals surface area contributed by atoms with Crippen molar-refractivity contribution in [1.82, 2.24) is 5.32 Å². The molecule has 1 aromatic rings. The highest BCUT2D eigenvalue weighted by atomic mass is 16.2. The van der Waals surface area contributed by atoms with Gasteiger partial charge in [0, 0.05) is 24.0 Å². The summed E-state index contributed by atoms with van der Waals surface area (Å²) in [5.41, 5.74) is 2.91. The molecule has 0 saturated heterocycles. The van der Waals surface area contributed by atoms with Crippen LogP contribution in [0.3, 0.4) is 0 Å². The quantitative estimate of drug-likeness (QED) is 0.835. The van der Waals surface area contributed by atoms with Gasteiger partial charge < -0.3 is 10.2 Å². The number of hydrogen-bond donors (Lipinski definition) is 1. The van der Waals surface area contributed by atoms with Gasteiger partial charge in [0.1, 0.15) is 0 Å². The lowest BCUT2D eigenvalue weighted by molar-refractivity contribution is -0.114. The summed E-state index contributed by atoms with van der Waals surface area (Å²) < 4.78 is 0. The van der Waals surface area contributed by atoms with Gasteiger partial charge in [-0.25, -0.2) is 0 Å². The van der Waals surface area contributed by atoms with Gasteiger partial charge in [0.2, 0.25) is 0 Å². The number of likely N-dealkylation sites (N-methyl/N-ethyl adjacent to an activating group) is 1. The number of Topliss-reactive ketones (excluding diaryl/α,β-unsaturated/α-hetero) is 1. The van der Waals surface area contributed by atoms with Gasteiger partial charge >= 0.3 is 0 Å². The first-order valence-electron chi connectivity index (χ1n) is 6.53. The maximum atomic E-state index is 12.0. The molecular formula is C16H14N2O2. The van der Waals surface area contributed by atoms with Crippen LogP contribution in [-0.4, -0.2) is 18.2 Å². The van der Waals surface area contributed by atoms with Crippen LogP contribution in [0, 0.1) is 0 Å². The van der Waals surface area contributed by atoms with Crippen molar-refractivity contribution in [3.8, 4) is 0 Å². The summed E-state index contributed by atoms with van der Waals surface area (Å²) in [6.07, 6.45) is 9.47. The normalized spacial score (nSPS) is 16.9. The molecule has 0 aliphatic carbocycles. The zero-order valence-corrected chi connectivity index (χ0v) is 11.1. The number of ketones is 1. The van der Waals surface area contributed by atoms with Crippen LogP contribution in [0.25, 0.3) is 5.70 Å². The van der Waals surface area contributed by atoms with E-state index in [1.807, 2.05) is 43.5 Å². The van der Waals surface area contributed by atoms with Crippen LogP contribution in [-0.2, 0) is 4.79 Å². The fourth-order valence-electron chi connectivity index (χ4n) is 2.50. The number of anilines is 1. The van der Waals surface area contributed by atoms with E-state index in [0.29, 0.717) is 17.8 Å². The van der Waals surface area contributed by atoms with E-state index >= 15 is 0 Å². The first kappa shape index (κ1) is 12.4. The van der Waals surface area contributed by atoms with E-state index in [1.165, 1.54) is 4.90 Å². The summed E-state index contributed by atoms with van der Waals surface area (Å²) in [7, 11) is 0. The van der Waals surface area contributed by atoms with Gasteiger partial charge in [-0.05, 0) is 25.1 Å². The number of benzene rings is 1. The summed E-state index contributed by atoms with van der Waals surface area (Å²) in [5, 5.41) is 3.17. The largest absolute Gasteiger partial charge is 0.361 e. The Labute approximate surface area is 117 Å². The minimum absolute atomic E-state index is 0.427. The second-order valence-electron chi connectivity index (χ2n) is 4.55. The molecule has 0 bridgehead atoms. The zero-order valence-electron chi connectivity index (χ0n) is 11.1. The number of nitrogens with one attached hydrogen (secondary N) is 1. The highest BCUT2D eigenvalue weighted by Gasteiger charge is 2.36. The number of carbonyl (C=O) groups is 2. The van der Waals surface area contributed by atoms with Crippen molar-refractivity contribution in [3.63, 3.8) is 0 Å². The summed E-state index contributed by atoms with van der Waals surface area (Å²) in [6, 6.07) is 5.43. The molecule has 1 N–H and O–H groups in total. The molecular weight excluding hydrogens is 252 g/mol. The molecule has 0 atom stereocenters. The molecule has 2 heterocycles. The van der Waals surface area contributed by atoms with Gasteiger partial charge in [-0.15, -0.1) is 0 Å². The maximum Gasteiger partial charge on any atom is 0.299 e. The molecule has 0 unspecified atom stereocenters. The van der Waals surface area contributed by atoms with Crippen LogP contribution in [0.4, 0.5) is 5.69 Å². The minimum Gasteiger partial charge on any atom is -0.361 e. The fourth-order valence-corrected chi connectivity index (χ4v) is 2.50. The second kappa shape index (κ2) is 4.81. The Morgan fingerprint density at radius 2 is 1.90 bits per heavy atom. The molecule has 0 radical (unpaired) electrons. The molecule has 0 saturated carbocycles. The summed E-state index contributed by atoms with van der Waals surface area (Å²) in [5.74, 6) is -0.876. The lowest BCUT2D eigenvalue weighted by atomic mass is 10.0. The smallest absolute Gasteiger partial charge is 0.299 e. The molecule has 2 aliphatic heterocycles. The van der Waals surface area contributed by atoms with E-state index in [0.717, 1.165) is 11.3 Å². The summed E-state index contributed by atoms with van der Waals surface area (Å²) in [4.78, 5) is 25.5. The highest BCUT2D eigenvalue weighted by Crippen LogP contribution is 2.35. The average molecular weight is 266 g/mol. The minimum atomic E-state index is -0.449. The van der Waals surface area contributed by atoms with E-state index < -0.39 is 11.7 Å². The third-order valence-corrected chi connectivity index (χ3v) is 3.42. The van der Waals surface area contributed by atoms with Crippen molar-refractivity contribution in [2.24, 2.45) is 0 Å². The summed E-state index contributed by atoms with van der Waals surface area (Å²) >= 11 is 0. The van der Waals surface area contributed by atoms with Crippen molar-refractivity contribution in [2.45, 2.75) is 6.92 Å². The zero-order chi connectivity index (χ0) is 14.1.